The highest BCUT2D eigenvalue weighted by Gasteiger charge is 2.16. The third kappa shape index (κ3) is 4.17. The van der Waals surface area contributed by atoms with Gasteiger partial charge in [0, 0.05) is 13.0 Å². The fourth-order valence-electron chi connectivity index (χ4n) is 2.48. The second kappa shape index (κ2) is 7.23. The summed E-state index contributed by atoms with van der Waals surface area (Å²) in [5, 5.41) is 14.8. The Balaban J connectivity index is 1.95. The van der Waals surface area contributed by atoms with Crippen molar-refractivity contribution in [3.8, 4) is 0 Å². The number of hydrogen-bond donors (Lipinski definition) is 1. The Bertz CT molecular complexity index is 590. The van der Waals surface area contributed by atoms with E-state index in [4.69, 9.17) is 0 Å². The Morgan fingerprint density at radius 1 is 1.24 bits per heavy atom. The van der Waals surface area contributed by atoms with Crippen LogP contribution in [0.2, 0.25) is 0 Å². The van der Waals surface area contributed by atoms with Crippen LogP contribution in [0, 0.1) is 13.8 Å². The normalized spacial score (nSPS) is 12.6. The van der Waals surface area contributed by atoms with Crippen LogP contribution in [0.1, 0.15) is 35.9 Å². The Morgan fingerprint density at radius 2 is 1.90 bits per heavy atom. The van der Waals surface area contributed by atoms with Gasteiger partial charge in [-0.1, -0.05) is 29.8 Å². The fraction of sp³-hybridized carbons (Fsp3) is 0.471. The molecule has 0 bridgehead atoms. The van der Waals surface area contributed by atoms with E-state index in [9.17, 15) is 5.11 Å². The van der Waals surface area contributed by atoms with Crippen molar-refractivity contribution in [2.75, 3.05) is 0 Å². The van der Waals surface area contributed by atoms with E-state index in [2.05, 4.69) is 59.1 Å². The Kier molecular flexibility index (Phi) is 5.59. The lowest BCUT2D eigenvalue weighted by Crippen LogP contribution is -2.15. The van der Waals surface area contributed by atoms with Crippen LogP contribution in [0.3, 0.4) is 0 Å². The first-order valence-corrected chi connectivity index (χ1v) is 8.26. The zero-order valence-electron chi connectivity index (χ0n) is 12.9. The molecule has 1 unspecified atom stereocenters. The van der Waals surface area contributed by atoms with Crippen molar-refractivity contribution in [2.45, 2.75) is 52.7 Å². The molecule has 0 amide bonds. The molecule has 0 fully saturated rings. The highest BCUT2D eigenvalue weighted by molar-refractivity contribution is 9.10. The van der Waals surface area contributed by atoms with Gasteiger partial charge in [0.2, 0.25) is 0 Å². The maximum Gasteiger partial charge on any atom is 0.0738 e. The van der Waals surface area contributed by atoms with Crippen LogP contribution in [0.4, 0.5) is 0 Å². The predicted molar refractivity (Wildman–Crippen MR) is 89.5 cm³/mol. The molecule has 0 spiro atoms. The monoisotopic (exact) mass is 350 g/mol. The minimum absolute atomic E-state index is 0.344. The molecule has 1 atom stereocenters. The van der Waals surface area contributed by atoms with E-state index in [1.165, 1.54) is 11.1 Å². The SMILES string of the molecule is CCn1nc(C)c(Br)c1CC(O)CCc1ccc(C)cc1. The largest absolute Gasteiger partial charge is 0.393 e. The molecule has 2 aromatic rings. The number of halogens is 1. The first-order chi connectivity index (χ1) is 10.0. The van der Waals surface area contributed by atoms with E-state index in [1.807, 2.05) is 11.6 Å². The average Bonchev–Trinajstić information content (AvgIpc) is 2.74. The van der Waals surface area contributed by atoms with Gasteiger partial charge < -0.3 is 5.11 Å². The summed E-state index contributed by atoms with van der Waals surface area (Å²) in [6.07, 6.45) is 1.96. The second-order valence-electron chi connectivity index (χ2n) is 5.54. The van der Waals surface area contributed by atoms with Crippen molar-refractivity contribution >= 4 is 15.9 Å². The van der Waals surface area contributed by atoms with Gasteiger partial charge in [-0.15, -0.1) is 0 Å². The lowest BCUT2D eigenvalue weighted by molar-refractivity contribution is 0.162. The Hall–Kier alpha value is -1.13. The molecule has 3 nitrogen and oxygen atoms in total. The van der Waals surface area contributed by atoms with Crippen LogP contribution < -0.4 is 0 Å². The highest BCUT2D eigenvalue weighted by Crippen LogP contribution is 2.23. The van der Waals surface area contributed by atoms with E-state index >= 15 is 0 Å². The second-order valence-corrected chi connectivity index (χ2v) is 6.34. The first kappa shape index (κ1) is 16.2. The standard InChI is InChI=1S/C17H23BrN2O/c1-4-20-16(17(18)13(3)19-20)11-15(21)10-9-14-7-5-12(2)6-8-14/h5-8,15,21H,4,9-11H2,1-3H3. The summed E-state index contributed by atoms with van der Waals surface area (Å²) in [5.74, 6) is 0. The molecule has 0 aliphatic carbocycles. The lowest BCUT2D eigenvalue weighted by Gasteiger charge is -2.12. The van der Waals surface area contributed by atoms with E-state index in [0.29, 0.717) is 6.42 Å². The molecule has 0 radical (unpaired) electrons. The summed E-state index contributed by atoms with van der Waals surface area (Å²) in [6, 6.07) is 8.51. The Morgan fingerprint density at radius 3 is 2.52 bits per heavy atom. The van der Waals surface area contributed by atoms with Crippen molar-refractivity contribution in [1.29, 1.82) is 0 Å². The van der Waals surface area contributed by atoms with Gasteiger partial charge in [-0.2, -0.15) is 5.10 Å². The number of aliphatic hydroxyl groups excluding tert-OH is 1. The number of nitrogens with zero attached hydrogens (tertiary/aromatic N) is 2. The number of benzene rings is 1. The molecule has 1 heterocycles. The quantitative estimate of drug-likeness (QED) is 0.859. The van der Waals surface area contributed by atoms with Gasteiger partial charge in [0.25, 0.3) is 0 Å². The van der Waals surface area contributed by atoms with Crippen molar-refractivity contribution in [2.24, 2.45) is 0 Å². The van der Waals surface area contributed by atoms with Crippen molar-refractivity contribution in [1.82, 2.24) is 9.78 Å². The number of aromatic nitrogens is 2. The number of aliphatic hydroxyl groups is 1. The predicted octanol–water partition coefficient (Wildman–Crippen LogP) is 3.82. The minimum Gasteiger partial charge on any atom is -0.393 e. The van der Waals surface area contributed by atoms with Crippen LogP contribution >= 0.6 is 15.9 Å². The number of hydrogen-bond acceptors (Lipinski definition) is 2. The molecular formula is C17H23BrN2O. The topological polar surface area (TPSA) is 38.0 Å². The van der Waals surface area contributed by atoms with Gasteiger partial charge in [0.1, 0.15) is 0 Å². The van der Waals surface area contributed by atoms with Gasteiger partial charge in [-0.25, -0.2) is 0 Å². The summed E-state index contributed by atoms with van der Waals surface area (Å²) < 4.78 is 2.99. The molecule has 114 valence electrons. The molecule has 0 saturated carbocycles. The molecule has 1 aromatic carbocycles. The van der Waals surface area contributed by atoms with Crippen molar-refractivity contribution in [3.05, 3.63) is 51.3 Å². The van der Waals surface area contributed by atoms with Crippen molar-refractivity contribution in [3.63, 3.8) is 0 Å². The number of rotatable bonds is 6. The van der Waals surface area contributed by atoms with Gasteiger partial charge in [0.05, 0.1) is 22.0 Å². The summed E-state index contributed by atoms with van der Waals surface area (Å²) in [7, 11) is 0. The molecule has 1 aromatic heterocycles. The van der Waals surface area contributed by atoms with Crippen LogP contribution in [-0.2, 0) is 19.4 Å². The minimum atomic E-state index is -0.344. The van der Waals surface area contributed by atoms with Crippen LogP contribution in [-0.4, -0.2) is 21.0 Å². The maximum absolute atomic E-state index is 10.3. The fourth-order valence-corrected chi connectivity index (χ4v) is 2.92. The summed E-state index contributed by atoms with van der Waals surface area (Å²) in [4.78, 5) is 0. The average molecular weight is 351 g/mol. The summed E-state index contributed by atoms with van der Waals surface area (Å²) >= 11 is 3.58. The smallest absolute Gasteiger partial charge is 0.0738 e. The molecule has 0 aliphatic rings. The lowest BCUT2D eigenvalue weighted by atomic mass is 10.0. The van der Waals surface area contributed by atoms with Gasteiger partial charge in [0.15, 0.2) is 0 Å². The third-order valence-corrected chi connectivity index (χ3v) is 4.80. The van der Waals surface area contributed by atoms with Crippen LogP contribution in [0.5, 0.6) is 0 Å². The third-order valence-electron chi connectivity index (χ3n) is 3.77. The summed E-state index contributed by atoms with van der Waals surface area (Å²) in [6.45, 7) is 6.97. The molecule has 4 heteroatoms. The molecule has 1 N–H and O–H groups in total. The van der Waals surface area contributed by atoms with Gasteiger partial charge >= 0.3 is 0 Å². The van der Waals surface area contributed by atoms with Crippen LogP contribution in [0.25, 0.3) is 0 Å². The molecule has 0 aliphatic heterocycles. The van der Waals surface area contributed by atoms with Crippen molar-refractivity contribution < 1.29 is 5.11 Å². The van der Waals surface area contributed by atoms with E-state index < -0.39 is 0 Å². The first-order valence-electron chi connectivity index (χ1n) is 7.46. The number of aryl methyl sites for hydroxylation is 4. The highest BCUT2D eigenvalue weighted by atomic mass is 79.9. The van der Waals surface area contributed by atoms with E-state index in [0.717, 1.165) is 35.2 Å². The Labute approximate surface area is 135 Å². The molecule has 2 rings (SSSR count). The van der Waals surface area contributed by atoms with Crippen LogP contribution in [0.15, 0.2) is 28.7 Å². The summed E-state index contributed by atoms with van der Waals surface area (Å²) in [5.41, 5.74) is 4.62. The zero-order chi connectivity index (χ0) is 15.4. The van der Waals surface area contributed by atoms with E-state index in [-0.39, 0.29) is 6.10 Å². The van der Waals surface area contributed by atoms with Gasteiger partial charge in [-0.3, -0.25) is 4.68 Å². The maximum atomic E-state index is 10.3. The van der Waals surface area contributed by atoms with E-state index in [1.54, 1.807) is 0 Å². The zero-order valence-corrected chi connectivity index (χ0v) is 14.5. The molecular weight excluding hydrogens is 328 g/mol. The molecule has 0 saturated heterocycles. The molecule has 21 heavy (non-hydrogen) atoms. The van der Waals surface area contributed by atoms with Gasteiger partial charge in [-0.05, 0) is 55.1 Å².